The van der Waals surface area contributed by atoms with Gasteiger partial charge in [0.15, 0.2) is 0 Å². The van der Waals surface area contributed by atoms with Gasteiger partial charge in [0.25, 0.3) is 0 Å². The standard InChI is InChI=1S/C12H23NO3.C2H2/c1-12(2,3)16-11(15)9-7-6-8-10(14)13(4)5;1-2/h6-9H2,1-5H3;1-2H. The average Bonchev–Trinajstić information content (AvgIpc) is 2.24. The minimum Gasteiger partial charge on any atom is -0.460 e. The third-order valence-electron chi connectivity index (χ3n) is 1.94. The van der Waals surface area contributed by atoms with Crippen molar-refractivity contribution in [3.8, 4) is 12.8 Å². The van der Waals surface area contributed by atoms with Crippen LogP contribution in [0.15, 0.2) is 0 Å². The van der Waals surface area contributed by atoms with Crippen LogP contribution >= 0.6 is 0 Å². The van der Waals surface area contributed by atoms with Crippen molar-refractivity contribution in [3.63, 3.8) is 0 Å². The maximum Gasteiger partial charge on any atom is 0.306 e. The van der Waals surface area contributed by atoms with E-state index in [1.165, 1.54) is 0 Å². The summed E-state index contributed by atoms with van der Waals surface area (Å²) in [7, 11) is 3.46. The van der Waals surface area contributed by atoms with Gasteiger partial charge in [-0.25, -0.2) is 0 Å². The molecule has 0 aliphatic rings. The molecule has 0 aliphatic heterocycles. The fraction of sp³-hybridized carbons (Fsp3) is 0.714. The van der Waals surface area contributed by atoms with Crippen LogP contribution in [0.2, 0.25) is 0 Å². The van der Waals surface area contributed by atoms with Crippen molar-refractivity contribution >= 4 is 11.9 Å². The monoisotopic (exact) mass is 255 g/mol. The Bertz CT molecular complexity index is 274. The molecule has 0 aromatic heterocycles. The number of rotatable bonds is 5. The summed E-state index contributed by atoms with van der Waals surface area (Å²) in [6, 6.07) is 0. The highest BCUT2D eigenvalue weighted by atomic mass is 16.6. The highest BCUT2D eigenvalue weighted by molar-refractivity contribution is 5.75. The summed E-state index contributed by atoms with van der Waals surface area (Å²) in [5.74, 6) is -0.0889. The number of hydrogen-bond acceptors (Lipinski definition) is 3. The molecule has 0 aromatic rings. The largest absolute Gasteiger partial charge is 0.460 e. The van der Waals surface area contributed by atoms with Gasteiger partial charge in [-0.3, -0.25) is 9.59 Å². The first-order valence-electron chi connectivity index (χ1n) is 5.97. The molecule has 0 N–H and O–H groups in total. The first-order chi connectivity index (χ1) is 8.22. The van der Waals surface area contributed by atoms with E-state index in [2.05, 4.69) is 12.8 Å². The number of ether oxygens (including phenoxy) is 1. The van der Waals surface area contributed by atoms with Gasteiger partial charge in [0.1, 0.15) is 5.60 Å². The molecule has 0 aliphatic carbocycles. The molecule has 0 heterocycles. The molecule has 0 fully saturated rings. The summed E-state index contributed by atoms with van der Waals surface area (Å²) in [5.41, 5.74) is -0.420. The zero-order valence-electron chi connectivity index (χ0n) is 12.2. The maximum absolute atomic E-state index is 11.3. The minimum atomic E-state index is -0.420. The fourth-order valence-corrected chi connectivity index (χ4v) is 1.16. The topological polar surface area (TPSA) is 46.6 Å². The van der Waals surface area contributed by atoms with Gasteiger partial charge in [-0.2, -0.15) is 0 Å². The van der Waals surface area contributed by atoms with Gasteiger partial charge >= 0.3 is 5.97 Å². The molecular weight excluding hydrogens is 230 g/mol. The third kappa shape index (κ3) is 12.6. The smallest absolute Gasteiger partial charge is 0.306 e. The Balaban J connectivity index is 0. The summed E-state index contributed by atoms with van der Waals surface area (Å²) in [4.78, 5) is 24.1. The van der Waals surface area contributed by atoms with Crippen LogP contribution in [0.5, 0.6) is 0 Å². The summed E-state index contributed by atoms with van der Waals surface area (Å²) in [6.07, 6.45) is 10.3. The average molecular weight is 255 g/mol. The van der Waals surface area contributed by atoms with Gasteiger partial charge in [0.2, 0.25) is 5.91 Å². The first kappa shape index (κ1) is 18.9. The van der Waals surface area contributed by atoms with Crippen LogP contribution in [0, 0.1) is 12.8 Å². The van der Waals surface area contributed by atoms with Crippen molar-refractivity contribution in [2.24, 2.45) is 0 Å². The van der Waals surface area contributed by atoms with Gasteiger partial charge in [0.05, 0.1) is 0 Å². The normalized spacial score (nSPS) is 9.94. The Hall–Kier alpha value is -1.50. The highest BCUT2D eigenvalue weighted by Crippen LogP contribution is 2.10. The van der Waals surface area contributed by atoms with E-state index in [0.29, 0.717) is 19.3 Å². The van der Waals surface area contributed by atoms with Crippen molar-refractivity contribution in [2.75, 3.05) is 14.1 Å². The molecule has 0 bridgehead atoms. The molecule has 0 unspecified atom stereocenters. The minimum absolute atomic E-state index is 0.101. The van der Waals surface area contributed by atoms with E-state index in [1.54, 1.807) is 19.0 Å². The van der Waals surface area contributed by atoms with Gasteiger partial charge in [-0.05, 0) is 33.6 Å². The van der Waals surface area contributed by atoms with Crippen molar-refractivity contribution < 1.29 is 14.3 Å². The number of nitrogens with zero attached hydrogens (tertiary/aromatic N) is 1. The predicted octanol–water partition coefficient (Wildman–Crippen LogP) is 2.23. The Morgan fingerprint density at radius 2 is 1.50 bits per heavy atom. The summed E-state index contributed by atoms with van der Waals surface area (Å²) >= 11 is 0. The number of esters is 1. The summed E-state index contributed by atoms with van der Waals surface area (Å²) in [6.45, 7) is 5.54. The van der Waals surface area contributed by atoms with E-state index in [9.17, 15) is 9.59 Å². The summed E-state index contributed by atoms with van der Waals surface area (Å²) < 4.78 is 5.16. The highest BCUT2D eigenvalue weighted by Gasteiger charge is 2.15. The molecule has 1 amide bonds. The Morgan fingerprint density at radius 1 is 1.06 bits per heavy atom. The molecule has 0 saturated carbocycles. The van der Waals surface area contributed by atoms with Crippen LogP contribution < -0.4 is 0 Å². The molecule has 104 valence electrons. The Labute approximate surface area is 111 Å². The second-order valence-electron chi connectivity index (χ2n) is 5.08. The molecule has 18 heavy (non-hydrogen) atoms. The van der Waals surface area contributed by atoms with Crippen LogP contribution in [-0.4, -0.2) is 36.5 Å². The number of unbranched alkanes of at least 4 members (excludes halogenated alkanes) is 1. The number of hydrogen-bond donors (Lipinski definition) is 0. The lowest BCUT2D eigenvalue weighted by molar-refractivity contribution is -0.155. The van der Waals surface area contributed by atoms with Crippen LogP contribution in [0.25, 0.3) is 0 Å². The lowest BCUT2D eigenvalue weighted by Crippen LogP contribution is -2.24. The SMILES string of the molecule is C#C.CN(C)C(=O)CCCCC(=O)OC(C)(C)C. The van der Waals surface area contributed by atoms with Crippen LogP contribution in [0.4, 0.5) is 0 Å². The Kier molecular flexibility index (Phi) is 9.97. The van der Waals surface area contributed by atoms with Gasteiger partial charge < -0.3 is 9.64 Å². The lowest BCUT2D eigenvalue weighted by Gasteiger charge is -2.19. The second kappa shape index (κ2) is 9.52. The molecule has 0 aromatic carbocycles. The molecular formula is C14H25NO3. The first-order valence-corrected chi connectivity index (χ1v) is 5.97. The van der Waals surface area contributed by atoms with Crippen LogP contribution in [0.3, 0.4) is 0 Å². The third-order valence-corrected chi connectivity index (χ3v) is 1.94. The molecule has 0 atom stereocenters. The zero-order valence-corrected chi connectivity index (χ0v) is 12.2. The van der Waals surface area contributed by atoms with E-state index in [4.69, 9.17) is 4.74 Å². The van der Waals surface area contributed by atoms with E-state index < -0.39 is 5.60 Å². The summed E-state index contributed by atoms with van der Waals surface area (Å²) in [5, 5.41) is 0. The van der Waals surface area contributed by atoms with E-state index >= 15 is 0 Å². The molecule has 0 saturated heterocycles. The molecule has 0 rings (SSSR count). The maximum atomic E-state index is 11.3. The number of carbonyl (C=O) groups is 2. The fourth-order valence-electron chi connectivity index (χ4n) is 1.16. The van der Waals surface area contributed by atoms with E-state index in [-0.39, 0.29) is 11.9 Å². The Morgan fingerprint density at radius 3 is 1.89 bits per heavy atom. The van der Waals surface area contributed by atoms with Crippen LogP contribution in [-0.2, 0) is 14.3 Å². The number of amides is 1. The number of carbonyl (C=O) groups excluding carboxylic acids is 2. The number of terminal acetylenes is 1. The molecule has 4 nitrogen and oxygen atoms in total. The zero-order chi connectivity index (χ0) is 14.8. The quantitative estimate of drug-likeness (QED) is 0.430. The second-order valence-corrected chi connectivity index (χ2v) is 5.08. The van der Waals surface area contributed by atoms with Gasteiger partial charge in [-0.15, -0.1) is 12.8 Å². The van der Waals surface area contributed by atoms with Crippen molar-refractivity contribution in [1.82, 2.24) is 4.90 Å². The van der Waals surface area contributed by atoms with Crippen LogP contribution in [0.1, 0.15) is 46.5 Å². The van der Waals surface area contributed by atoms with Gasteiger partial charge in [-0.1, -0.05) is 0 Å². The van der Waals surface area contributed by atoms with Gasteiger partial charge in [0, 0.05) is 26.9 Å². The van der Waals surface area contributed by atoms with Crippen molar-refractivity contribution in [1.29, 1.82) is 0 Å². The van der Waals surface area contributed by atoms with Crippen molar-refractivity contribution in [3.05, 3.63) is 0 Å². The van der Waals surface area contributed by atoms with E-state index in [0.717, 1.165) is 6.42 Å². The molecule has 4 heteroatoms. The van der Waals surface area contributed by atoms with Crippen molar-refractivity contribution in [2.45, 2.75) is 52.1 Å². The predicted molar refractivity (Wildman–Crippen MR) is 72.9 cm³/mol. The molecule has 0 radical (unpaired) electrons. The molecule has 0 spiro atoms. The van der Waals surface area contributed by atoms with E-state index in [1.807, 2.05) is 20.8 Å². The lowest BCUT2D eigenvalue weighted by atomic mass is 10.1.